The van der Waals surface area contributed by atoms with Crippen molar-refractivity contribution >= 4 is 5.97 Å². The van der Waals surface area contributed by atoms with Gasteiger partial charge in [-0.15, -0.1) is 0 Å². The third kappa shape index (κ3) is 11.6. The monoisotopic (exact) mass is 245 g/mol. The van der Waals surface area contributed by atoms with Crippen LogP contribution in [-0.2, 0) is 14.3 Å². The molecule has 0 fully saturated rings. The molecule has 0 heterocycles. The predicted molar refractivity (Wildman–Crippen MR) is 69.1 cm³/mol. The van der Waals surface area contributed by atoms with Crippen molar-refractivity contribution in [2.45, 2.75) is 52.5 Å². The molecule has 0 aromatic carbocycles. The summed E-state index contributed by atoms with van der Waals surface area (Å²) >= 11 is 0. The van der Waals surface area contributed by atoms with E-state index in [1.54, 1.807) is 0 Å². The van der Waals surface area contributed by atoms with Gasteiger partial charge in [0.2, 0.25) is 0 Å². The Balaban J connectivity index is 3.20. The summed E-state index contributed by atoms with van der Waals surface area (Å²) in [6.07, 6.45) is 3.62. The summed E-state index contributed by atoms with van der Waals surface area (Å²) in [6.45, 7) is 8.95. The van der Waals surface area contributed by atoms with Crippen LogP contribution in [0, 0.1) is 0 Å². The maximum absolute atomic E-state index is 11.0. The van der Waals surface area contributed by atoms with Crippen molar-refractivity contribution < 1.29 is 14.3 Å². The molecule has 4 heteroatoms. The molecule has 0 saturated heterocycles. The molecule has 1 atom stereocenters. The van der Waals surface area contributed by atoms with Gasteiger partial charge in [0, 0.05) is 19.1 Å². The van der Waals surface area contributed by atoms with Gasteiger partial charge >= 0.3 is 5.97 Å². The zero-order valence-electron chi connectivity index (χ0n) is 11.5. The third-order valence-electron chi connectivity index (χ3n) is 2.43. The van der Waals surface area contributed by atoms with Crippen LogP contribution in [0.2, 0.25) is 0 Å². The number of nitrogens with one attached hydrogen (secondary N) is 1. The summed E-state index contributed by atoms with van der Waals surface area (Å²) < 4.78 is 10.2. The third-order valence-corrected chi connectivity index (χ3v) is 2.43. The second kappa shape index (κ2) is 11.9. The topological polar surface area (TPSA) is 47.6 Å². The van der Waals surface area contributed by atoms with Crippen LogP contribution in [0.15, 0.2) is 0 Å². The molecule has 4 nitrogen and oxygen atoms in total. The van der Waals surface area contributed by atoms with E-state index in [2.05, 4.69) is 12.2 Å². The van der Waals surface area contributed by atoms with Crippen molar-refractivity contribution in [3.8, 4) is 0 Å². The molecule has 0 saturated carbocycles. The van der Waals surface area contributed by atoms with Crippen LogP contribution in [0.1, 0.15) is 46.5 Å². The van der Waals surface area contributed by atoms with E-state index in [0.717, 1.165) is 39.0 Å². The Kier molecular flexibility index (Phi) is 11.4. The summed E-state index contributed by atoms with van der Waals surface area (Å²) in [5.41, 5.74) is 0. The van der Waals surface area contributed by atoms with E-state index in [4.69, 9.17) is 9.47 Å². The van der Waals surface area contributed by atoms with Crippen LogP contribution >= 0.6 is 0 Å². The summed E-state index contributed by atoms with van der Waals surface area (Å²) in [4.78, 5) is 11.0. The first-order chi connectivity index (χ1) is 8.20. The molecular formula is C13H27NO3. The fourth-order valence-electron chi connectivity index (χ4n) is 1.51. The number of hydrogen-bond donors (Lipinski definition) is 1. The maximum atomic E-state index is 11.0. The molecule has 0 radical (unpaired) electrons. The Hall–Kier alpha value is -0.610. The molecule has 1 unspecified atom stereocenters. The molecule has 1 N–H and O–H groups in total. The summed E-state index contributed by atoms with van der Waals surface area (Å²) in [6, 6.07) is 0.403. The summed E-state index contributed by atoms with van der Waals surface area (Å²) in [5, 5.41) is 3.39. The first-order valence-electron chi connectivity index (χ1n) is 6.67. The van der Waals surface area contributed by atoms with Gasteiger partial charge in [0.25, 0.3) is 0 Å². The number of ether oxygens (including phenoxy) is 2. The first-order valence-corrected chi connectivity index (χ1v) is 6.67. The molecule has 0 spiro atoms. The highest BCUT2D eigenvalue weighted by Crippen LogP contribution is 2.01. The van der Waals surface area contributed by atoms with E-state index in [0.29, 0.717) is 19.1 Å². The van der Waals surface area contributed by atoms with Gasteiger partial charge in [-0.3, -0.25) is 4.79 Å². The predicted octanol–water partition coefficient (Wildman–Crippen LogP) is 2.12. The first kappa shape index (κ1) is 16.4. The number of carbonyl (C=O) groups is 1. The van der Waals surface area contributed by atoms with Crippen molar-refractivity contribution in [3.05, 3.63) is 0 Å². The maximum Gasteiger partial charge on any atom is 0.305 e. The Morgan fingerprint density at radius 2 is 1.94 bits per heavy atom. The minimum Gasteiger partial charge on any atom is -0.466 e. The van der Waals surface area contributed by atoms with E-state index in [1.807, 2.05) is 13.8 Å². The molecule has 0 aromatic rings. The second-order valence-electron chi connectivity index (χ2n) is 4.13. The van der Waals surface area contributed by atoms with Gasteiger partial charge in [-0.25, -0.2) is 0 Å². The van der Waals surface area contributed by atoms with E-state index in [9.17, 15) is 4.79 Å². The van der Waals surface area contributed by atoms with Crippen molar-refractivity contribution in [2.75, 3.05) is 26.4 Å². The number of rotatable bonds is 11. The average molecular weight is 245 g/mol. The van der Waals surface area contributed by atoms with Crippen molar-refractivity contribution in [1.29, 1.82) is 0 Å². The normalized spacial score (nSPS) is 12.4. The van der Waals surface area contributed by atoms with Crippen LogP contribution in [0.25, 0.3) is 0 Å². The fourth-order valence-corrected chi connectivity index (χ4v) is 1.51. The van der Waals surface area contributed by atoms with Crippen LogP contribution in [0.5, 0.6) is 0 Å². The van der Waals surface area contributed by atoms with Crippen molar-refractivity contribution in [2.24, 2.45) is 0 Å². The van der Waals surface area contributed by atoms with Crippen LogP contribution in [0.3, 0.4) is 0 Å². The van der Waals surface area contributed by atoms with Crippen molar-refractivity contribution in [3.63, 3.8) is 0 Å². The largest absolute Gasteiger partial charge is 0.466 e. The summed E-state index contributed by atoms with van der Waals surface area (Å²) in [7, 11) is 0. The highest BCUT2D eigenvalue weighted by molar-refractivity contribution is 5.69. The molecule has 0 aliphatic heterocycles. The highest BCUT2D eigenvalue weighted by atomic mass is 16.5. The standard InChI is InChI=1S/C13H27NO3/c1-4-16-11-12(3)14-10-8-6-7-9-13(15)17-5-2/h12,14H,4-11H2,1-3H3. The van der Waals surface area contributed by atoms with Crippen LogP contribution < -0.4 is 5.32 Å². The molecule has 0 aliphatic rings. The molecule has 102 valence electrons. The zero-order chi connectivity index (χ0) is 12.9. The van der Waals surface area contributed by atoms with Gasteiger partial charge in [-0.1, -0.05) is 6.42 Å². The lowest BCUT2D eigenvalue weighted by Crippen LogP contribution is -2.31. The molecule has 0 aliphatic carbocycles. The quantitative estimate of drug-likeness (QED) is 0.447. The number of carbonyl (C=O) groups excluding carboxylic acids is 1. The molecule has 0 rings (SSSR count). The molecular weight excluding hydrogens is 218 g/mol. The Morgan fingerprint density at radius 1 is 1.18 bits per heavy atom. The Bertz CT molecular complexity index is 186. The van der Waals surface area contributed by atoms with E-state index in [-0.39, 0.29) is 5.97 Å². The van der Waals surface area contributed by atoms with Crippen LogP contribution in [0.4, 0.5) is 0 Å². The average Bonchev–Trinajstić information content (AvgIpc) is 2.31. The SMILES string of the molecule is CCOCC(C)NCCCCCC(=O)OCC. The van der Waals surface area contributed by atoms with Gasteiger partial charge in [-0.05, 0) is 40.2 Å². The van der Waals surface area contributed by atoms with Crippen molar-refractivity contribution in [1.82, 2.24) is 5.32 Å². The van der Waals surface area contributed by atoms with Gasteiger partial charge in [0.15, 0.2) is 0 Å². The van der Waals surface area contributed by atoms with E-state index < -0.39 is 0 Å². The molecule has 17 heavy (non-hydrogen) atoms. The minimum absolute atomic E-state index is 0.0785. The van der Waals surface area contributed by atoms with E-state index in [1.165, 1.54) is 0 Å². The lowest BCUT2D eigenvalue weighted by Gasteiger charge is -2.13. The second-order valence-corrected chi connectivity index (χ2v) is 4.13. The van der Waals surface area contributed by atoms with Gasteiger partial charge < -0.3 is 14.8 Å². The lowest BCUT2D eigenvalue weighted by molar-refractivity contribution is -0.143. The minimum atomic E-state index is -0.0785. The van der Waals surface area contributed by atoms with Crippen LogP contribution in [-0.4, -0.2) is 38.4 Å². The number of unbranched alkanes of at least 4 members (excludes halogenated alkanes) is 2. The lowest BCUT2D eigenvalue weighted by atomic mass is 10.2. The summed E-state index contributed by atoms with van der Waals surface area (Å²) in [5.74, 6) is -0.0785. The Labute approximate surface area is 105 Å². The van der Waals surface area contributed by atoms with Gasteiger partial charge in [0.1, 0.15) is 0 Å². The Morgan fingerprint density at radius 3 is 2.59 bits per heavy atom. The number of hydrogen-bond acceptors (Lipinski definition) is 4. The fraction of sp³-hybridized carbons (Fsp3) is 0.923. The smallest absolute Gasteiger partial charge is 0.305 e. The molecule has 0 bridgehead atoms. The number of esters is 1. The molecule has 0 amide bonds. The van der Waals surface area contributed by atoms with Gasteiger partial charge in [-0.2, -0.15) is 0 Å². The highest BCUT2D eigenvalue weighted by Gasteiger charge is 2.02. The molecule has 0 aromatic heterocycles. The zero-order valence-corrected chi connectivity index (χ0v) is 11.5. The van der Waals surface area contributed by atoms with Gasteiger partial charge in [0.05, 0.1) is 13.2 Å². The van der Waals surface area contributed by atoms with E-state index >= 15 is 0 Å².